The Morgan fingerprint density at radius 1 is 1.43 bits per heavy atom. The number of ether oxygens (including phenoxy) is 1. The third-order valence-corrected chi connectivity index (χ3v) is 2.86. The summed E-state index contributed by atoms with van der Waals surface area (Å²) < 4.78 is 37.0. The zero-order chi connectivity index (χ0) is 10.1. The minimum Gasteiger partial charge on any atom is -0.744 e. The van der Waals surface area contributed by atoms with Gasteiger partial charge in [-0.25, -0.2) is 8.42 Å². The van der Waals surface area contributed by atoms with E-state index in [4.69, 9.17) is 4.74 Å². The van der Waals surface area contributed by atoms with Gasteiger partial charge in [0.05, 0.1) is 16.5 Å². The Hall–Kier alpha value is 0.410. The van der Waals surface area contributed by atoms with Crippen LogP contribution in [0.2, 0.25) is 0 Å². The molecule has 72 valence electrons. The molecule has 0 aliphatic rings. The molecule has 1 aromatic carbocycles. The van der Waals surface area contributed by atoms with E-state index in [9.17, 15) is 13.0 Å². The van der Waals surface area contributed by atoms with Crippen LogP contribution in [0.5, 0.6) is 5.75 Å². The zero-order valence-electron chi connectivity index (χ0n) is 7.65. The van der Waals surface area contributed by atoms with Gasteiger partial charge >= 0.3 is 29.6 Å². The van der Waals surface area contributed by atoms with E-state index in [1.165, 1.54) is 25.3 Å². The third kappa shape index (κ3) is 3.52. The molecule has 0 aromatic heterocycles. The first kappa shape index (κ1) is 14.4. The fourth-order valence-electron chi connectivity index (χ4n) is 0.803. The fourth-order valence-corrected chi connectivity index (χ4v) is 1.99. The largest absolute Gasteiger partial charge is 1.00 e. The molecule has 0 amide bonds. The van der Waals surface area contributed by atoms with Crippen LogP contribution in [0.4, 0.5) is 0 Å². The van der Waals surface area contributed by atoms with Crippen molar-refractivity contribution in [2.75, 3.05) is 7.11 Å². The van der Waals surface area contributed by atoms with E-state index in [0.717, 1.165) is 0 Å². The van der Waals surface area contributed by atoms with Crippen LogP contribution in [-0.2, 0) is 10.1 Å². The first-order valence-electron chi connectivity index (χ1n) is 3.24. The minimum atomic E-state index is -4.39. The Morgan fingerprint density at radius 3 is 2.36 bits per heavy atom. The van der Waals surface area contributed by atoms with Crippen molar-refractivity contribution < 1.29 is 47.3 Å². The molecule has 0 saturated carbocycles. The average Bonchev–Trinajstić information content (AvgIpc) is 2.02. The van der Waals surface area contributed by atoms with Gasteiger partial charge < -0.3 is 9.29 Å². The molecule has 0 unspecified atom stereocenters. The molecule has 4 nitrogen and oxygen atoms in total. The molecule has 1 rings (SSSR count). The Bertz CT molecular complexity index is 418. The van der Waals surface area contributed by atoms with E-state index < -0.39 is 10.1 Å². The van der Waals surface area contributed by atoms with Gasteiger partial charge in [-0.15, -0.1) is 0 Å². The molecule has 0 spiro atoms. The molecule has 0 N–H and O–H groups in total. The predicted octanol–water partition coefficient (Wildman–Crippen LogP) is -1.63. The predicted molar refractivity (Wildman–Crippen MR) is 48.7 cm³/mol. The first-order valence-corrected chi connectivity index (χ1v) is 5.44. The average molecular weight is 289 g/mol. The van der Waals surface area contributed by atoms with Gasteiger partial charge in [-0.2, -0.15) is 0 Å². The fraction of sp³-hybridized carbons (Fsp3) is 0.143. The Balaban J connectivity index is 0.00000169. The van der Waals surface area contributed by atoms with E-state index in [1.807, 2.05) is 0 Å². The zero-order valence-corrected chi connectivity index (χ0v) is 12.1. The van der Waals surface area contributed by atoms with Crippen LogP contribution in [0, 0.1) is 0 Å². The smallest absolute Gasteiger partial charge is 0.744 e. The molecular formula is C7H6BrNaO4S. The Morgan fingerprint density at radius 2 is 2.00 bits per heavy atom. The molecule has 0 saturated heterocycles. The third-order valence-electron chi connectivity index (χ3n) is 1.41. The van der Waals surface area contributed by atoms with Crippen molar-refractivity contribution in [2.24, 2.45) is 0 Å². The molecule has 7 heteroatoms. The van der Waals surface area contributed by atoms with E-state index in [2.05, 4.69) is 15.9 Å². The second-order valence-corrected chi connectivity index (χ2v) is 4.48. The number of benzene rings is 1. The van der Waals surface area contributed by atoms with Crippen molar-refractivity contribution in [3.8, 4) is 5.75 Å². The molecule has 14 heavy (non-hydrogen) atoms. The quantitative estimate of drug-likeness (QED) is 0.484. The summed E-state index contributed by atoms with van der Waals surface area (Å²) in [4.78, 5) is -0.278. The maximum Gasteiger partial charge on any atom is 1.00 e. The molecule has 0 heterocycles. The summed E-state index contributed by atoms with van der Waals surface area (Å²) in [5.74, 6) is 0.479. The number of hydrogen-bond donors (Lipinski definition) is 0. The van der Waals surface area contributed by atoms with Gasteiger partial charge in [0.25, 0.3) is 0 Å². The van der Waals surface area contributed by atoms with Crippen LogP contribution in [0.1, 0.15) is 0 Å². The van der Waals surface area contributed by atoms with Gasteiger partial charge in [0.1, 0.15) is 15.9 Å². The van der Waals surface area contributed by atoms with Crippen LogP contribution < -0.4 is 34.3 Å². The van der Waals surface area contributed by atoms with E-state index >= 15 is 0 Å². The summed E-state index contributed by atoms with van der Waals surface area (Å²) in [6, 6.07) is 3.82. The van der Waals surface area contributed by atoms with Crippen molar-refractivity contribution in [3.63, 3.8) is 0 Å². The normalized spacial score (nSPS) is 10.5. The van der Waals surface area contributed by atoms with Crippen LogP contribution in [0.25, 0.3) is 0 Å². The Kier molecular flexibility index (Phi) is 5.64. The topological polar surface area (TPSA) is 66.4 Å². The van der Waals surface area contributed by atoms with Gasteiger partial charge in [0, 0.05) is 0 Å². The van der Waals surface area contributed by atoms with Gasteiger partial charge in [0.2, 0.25) is 0 Å². The van der Waals surface area contributed by atoms with Crippen molar-refractivity contribution in [1.29, 1.82) is 0 Å². The molecule has 0 aliphatic carbocycles. The molecule has 0 bridgehead atoms. The molecule has 0 fully saturated rings. The number of methoxy groups -OCH3 is 1. The van der Waals surface area contributed by atoms with Gasteiger partial charge in [-0.05, 0) is 34.1 Å². The maximum atomic E-state index is 10.6. The van der Waals surface area contributed by atoms with Gasteiger partial charge in [-0.1, -0.05) is 0 Å². The summed E-state index contributed by atoms with van der Waals surface area (Å²) in [7, 11) is -2.94. The molecule has 0 aliphatic heterocycles. The summed E-state index contributed by atoms with van der Waals surface area (Å²) in [5, 5.41) is 0. The summed E-state index contributed by atoms with van der Waals surface area (Å²) in [6.07, 6.45) is 0. The minimum absolute atomic E-state index is 0. The van der Waals surface area contributed by atoms with E-state index in [0.29, 0.717) is 10.2 Å². The van der Waals surface area contributed by atoms with E-state index in [1.54, 1.807) is 0 Å². The van der Waals surface area contributed by atoms with Crippen molar-refractivity contribution in [2.45, 2.75) is 4.90 Å². The van der Waals surface area contributed by atoms with Gasteiger partial charge in [-0.3, -0.25) is 0 Å². The molecule has 1 aromatic rings. The van der Waals surface area contributed by atoms with Crippen molar-refractivity contribution >= 4 is 26.0 Å². The van der Waals surface area contributed by atoms with Crippen LogP contribution in [0.15, 0.2) is 27.6 Å². The second kappa shape index (κ2) is 5.48. The van der Waals surface area contributed by atoms with E-state index in [-0.39, 0.29) is 34.5 Å². The van der Waals surface area contributed by atoms with Crippen LogP contribution in [0.3, 0.4) is 0 Å². The maximum absolute atomic E-state index is 10.6. The molecular weight excluding hydrogens is 283 g/mol. The number of hydrogen-bond acceptors (Lipinski definition) is 4. The second-order valence-electron chi connectivity index (χ2n) is 2.25. The summed E-state index contributed by atoms with van der Waals surface area (Å²) in [5.41, 5.74) is 0. The summed E-state index contributed by atoms with van der Waals surface area (Å²) >= 11 is 3.07. The van der Waals surface area contributed by atoms with Gasteiger partial charge in [0.15, 0.2) is 0 Å². The molecule has 0 atom stereocenters. The van der Waals surface area contributed by atoms with Crippen LogP contribution in [-0.4, -0.2) is 20.1 Å². The van der Waals surface area contributed by atoms with Crippen LogP contribution >= 0.6 is 15.9 Å². The monoisotopic (exact) mass is 288 g/mol. The standard InChI is InChI=1S/C7H7BrO4S.Na/c1-12-7-3-2-5(4-6(7)8)13(9,10)11;/h2-4H,1H3,(H,9,10,11);/q;+1/p-1. The first-order chi connectivity index (χ1) is 5.95. The SMILES string of the molecule is COc1ccc(S(=O)(=O)[O-])cc1Br.[Na+]. The van der Waals surface area contributed by atoms with Crippen molar-refractivity contribution in [1.82, 2.24) is 0 Å². The number of halogens is 1. The molecule has 0 radical (unpaired) electrons. The van der Waals surface area contributed by atoms with Crippen molar-refractivity contribution in [3.05, 3.63) is 22.7 Å². The summed E-state index contributed by atoms with van der Waals surface area (Å²) in [6.45, 7) is 0. The Labute approximate surface area is 113 Å². The number of rotatable bonds is 2.